The summed E-state index contributed by atoms with van der Waals surface area (Å²) in [6.07, 6.45) is 3.26. The largest absolute Gasteiger partial charge is 0.472 e. The maximum absolute atomic E-state index is 9.80. The van der Waals surface area contributed by atoms with Gasteiger partial charge < -0.3 is 9.73 Å². The minimum absolute atomic E-state index is 0.518. The smallest absolute Gasteiger partial charge is 0.145 e. The van der Waals surface area contributed by atoms with Crippen LogP contribution in [0.3, 0.4) is 0 Å². The number of benzene rings is 1. The SMILES string of the molecule is Cc1cccc(CNc2nc(-c3cccs3)cc(-c3ccoc3)c2C#N)c1. The molecule has 132 valence electrons. The third-order valence-corrected chi connectivity index (χ3v) is 5.17. The monoisotopic (exact) mass is 371 g/mol. The van der Waals surface area contributed by atoms with Gasteiger partial charge in [-0.1, -0.05) is 35.9 Å². The molecule has 27 heavy (non-hydrogen) atoms. The molecule has 0 aliphatic heterocycles. The average Bonchev–Trinajstić information content (AvgIpc) is 3.39. The summed E-state index contributed by atoms with van der Waals surface area (Å²) >= 11 is 1.62. The minimum atomic E-state index is 0.518. The summed E-state index contributed by atoms with van der Waals surface area (Å²) < 4.78 is 5.23. The molecule has 0 unspecified atom stereocenters. The number of hydrogen-bond acceptors (Lipinski definition) is 5. The van der Waals surface area contributed by atoms with E-state index in [0.29, 0.717) is 17.9 Å². The summed E-state index contributed by atoms with van der Waals surface area (Å²) in [6, 6.07) is 18.4. The second-order valence-corrected chi connectivity index (χ2v) is 7.17. The summed E-state index contributed by atoms with van der Waals surface area (Å²) in [7, 11) is 0. The van der Waals surface area contributed by atoms with Gasteiger partial charge >= 0.3 is 0 Å². The molecule has 0 saturated heterocycles. The highest BCUT2D eigenvalue weighted by Crippen LogP contribution is 2.34. The van der Waals surface area contributed by atoms with Gasteiger partial charge in [0.25, 0.3) is 0 Å². The van der Waals surface area contributed by atoms with Crippen molar-refractivity contribution in [2.75, 3.05) is 5.32 Å². The normalized spacial score (nSPS) is 10.5. The van der Waals surface area contributed by atoms with E-state index in [9.17, 15) is 5.26 Å². The van der Waals surface area contributed by atoms with E-state index in [1.54, 1.807) is 23.9 Å². The van der Waals surface area contributed by atoms with E-state index < -0.39 is 0 Å². The molecule has 0 aliphatic carbocycles. The fourth-order valence-corrected chi connectivity index (χ4v) is 3.68. The highest BCUT2D eigenvalue weighted by atomic mass is 32.1. The van der Waals surface area contributed by atoms with Gasteiger partial charge in [-0.05, 0) is 36.1 Å². The average molecular weight is 371 g/mol. The Bertz CT molecular complexity index is 1090. The Kier molecular flexibility index (Phi) is 4.73. The van der Waals surface area contributed by atoms with Gasteiger partial charge in [-0.25, -0.2) is 4.98 Å². The summed E-state index contributed by atoms with van der Waals surface area (Å²) in [5.41, 5.74) is 5.39. The van der Waals surface area contributed by atoms with Gasteiger partial charge in [0, 0.05) is 17.7 Å². The number of furan rings is 1. The zero-order valence-corrected chi connectivity index (χ0v) is 15.6. The van der Waals surface area contributed by atoms with Gasteiger partial charge in [-0.2, -0.15) is 5.26 Å². The van der Waals surface area contributed by atoms with Crippen molar-refractivity contribution < 1.29 is 4.42 Å². The number of nitrogens with zero attached hydrogens (tertiary/aromatic N) is 2. The summed E-state index contributed by atoms with van der Waals surface area (Å²) in [5.74, 6) is 0.584. The topological polar surface area (TPSA) is 61.9 Å². The van der Waals surface area contributed by atoms with E-state index in [1.807, 2.05) is 35.7 Å². The lowest BCUT2D eigenvalue weighted by molar-refractivity contribution is 0.568. The highest BCUT2D eigenvalue weighted by molar-refractivity contribution is 7.13. The van der Waals surface area contributed by atoms with Crippen LogP contribution < -0.4 is 5.32 Å². The fraction of sp³-hybridized carbons (Fsp3) is 0.0909. The Hall–Kier alpha value is -3.36. The summed E-state index contributed by atoms with van der Waals surface area (Å²) in [5, 5.41) is 15.2. The zero-order valence-electron chi connectivity index (χ0n) is 14.8. The van der Waals surface area contributed by atoms with Crippen LogP contribution in [0.5, 0.6) is 0 Å². The lowest BCUT2D eigenvalue weighted by Crippen LogP contribution is -2.05. The third kappa shape index (κ3) is 3.62. The first-order chi connectivity index (χ1) is 13.2. The second kappa shape index (κ2) is 7.48. The molecule has 0 bridgehead atoms. The number of hydrogen-bond donors (Lipinski definition) is 1. The van der Waals surface area contributed by atoms with Gasteiger partial charge in [-0.3, -0.25) is 0 Å². The molecule has 0 saturated carbocycles. The predicted octanol–water partition coefficient (Wildman–Crippen LogP) is 5.86. The van der Waals surface area contributed by atoms with Crippen molar-refractivity contribution in [3.63, 3.8) is 0 Å². The molecule has 1 aromatic carbocycles. The Morgan fingerprint density at radius 3 is 2.81 bits per heavy atom. The number of rotatable bonds is 5. The van der Waals surface area contributed by atoms with E-state index in [0.717, 1.165) is 27.3 Å². The van der Waals surface area contributed by atoms with Crippen molar-refractivity contribution in [2.45, 2.75) is 13.5 Å². The van der Waals surface area contributed by atoms with Crippen molar-refractivity contribution in [2.24, 2.45) is 0 Å². The molecular formula is C22H17N3OS. The molecule has 0 radical (unpaired) electrons. The summed E-state index contributed by atoms with van der Waals surface area (Å²) in [6.45, 7) is 2.67. The maximum Gasteiger partial charge on any atom is 0.145 e. The molecule has 4 rings (SSSR count). The van der Waals surface area contributed by atoms with Crippen LogP contribution in [0.25, 0.3) is 21.7 Å². The molecule has 0 amide bonds. The predicted molar refractivity (Wildman–Crippen MR) is 108 cm³/mol. The van der Waals surface area contributed by atoms with E-state index in [4.69, 9.17) is 9.40 Å². The fourth-order valence-electron chi connectivity index (χ4n) is 2.99. The molecule has 0 fully saturated rings. The lowest BCUT2D eigenvalue weighted by atomic mass is 10.0. The van der Waals surface area contributed by atoms with Crippen LogP contribution in [0.2, 0.25) is 0 Å². The number of nitrogens with one attached hydrogen (secondary N) is 1. The molecule has 1 N–H and O–H groups in total. The second-order valence-electron chi connectivity index (χ2n) is 6.22. The molecule has 0 atom stereocenters. The van der Waals surface area contributed by atoms with Crippen molar-refractivity contribution in [3.8, 4) is 27.8 Å². The number of nitriles is 1. The third-order valence-electron chi connectivity index (χ3n) is 4.28. The standard InChI is InChI=1S/C22H17N3OS/c1-15-4-2-5-16(10-15)13-24-22-19(12-23)18(17-7-8-26-14-17)11-20(25-22)21-6-3-9-27-21/h2-11,14H,13H2,1H3,(H,24,25). The van der Waals surface area contributed by atoms with E-state index >= 15 is 0 Å². The van der Waals surface area contributed by atoms with Gasteiger partial charge in [0.15, 0.2) is 0 Å². The number of thiophene rings is 1. The lowest BCUT2D eigenvalue weighted by Gasteiger charge is -2.13. The van der Waals surface area contributed by atoms with Crippen LogP contribution in [0, 0.1) is 18.3 Å². The van der Waals surface area contributed by atoms with Crippen molar-refractivity contribution >= 4 is 17.2 Å². The van der Waals surface area contributed by atoms with Gasteiger partial charge in [-0.15, -0.1) is 11.3 Å². The maximum atomic E-state index is 9.80. The van der Waals surface area contributed by atoms with Gasteiger partial charge in [0.1, 0.15) is 17.5 Å². The Morgan fingerprint density at radius 1 is 1.19 bits per heavy atom. The molecule has 3 aromatic heterocycles. The van der Waals surface area contributed by atoms with E-state index in [2.05, 4.69) is 36.5 Å². The van der Waals surface area contributed by atoms with E-state index in [-0.39, 0.29) is 0 Å². The highest BCUT2D eigenvalue weighted by Gasteiger charge is 2.16. The first-order valence-electron chi connectivity index (χ1n) is 8.55. The van der Waals surface area contributed by atoms with Crippen LogP contribution in [-0.2, 0) is 6.54 Å². The Labute approximate surface area is 161 Å². The first-order valence-corrected chi connectivity index (χ1v) is 9.43. The molecule has 0 spiro atoms. The Balaban J connectivity index is 1.78. The number of aromatic nitrogens is 1. The van der Waals surface area contributed by atoms with Crippen molar-refractivity contribution in [1.82, 2.24) is 4.98 Å². The van der Waals surface area contributed by atoms with Gasteiger partial charge in [0.2, 0.25) is 0 Å². The van der Waals surface area contributed by atoms with Gasteiger partial charge in [0.05, 0.1) is 23.1 Å². The molecule has 3 heterocycles. The van der Waals surface area contributed by atoms with Crippen LogP contribution in [0.15, 0.2) is 70.9 Å². The molecule has 5 heteroatoms. The van der Waals surface area contributed by atoms with Crippen LogP contribution in [-0.4, -0.2) is 4.98 Å². The Morgan fingerprint density at radius 2 is 2.11 bits per heavy atom. The molecule has 0 aliphatic rings. The van der Waals surface area contributed by atoms with Crippen LogP contribution in [0.4, 0.5) is 5.82 Å². The number of aryl methyl sites for hydroxylation is 1. The minimum Gasteiger partial charge on any atom is -0.472 e. The van der Waals surface area contributed by atoms with Crippen molar-refractivity contribution in [1.29, 1.82) is 5.26 Å². The molecule has 4 aromatic rings. The summed E-state index contributed by atoms with van der Waals surface area (Å²) in [4.78, 5) is 5.80. The number of anilines is 1. The molecular weight excluding hydrogens is 354 g/mol. The van der Waals surface area contributed by atoms with Crippen molar-refractivity contribution in [3.05, 3.63) is 83.1 Å². The first kappa shape index (κ1) is 17.1. The van der Waals surface area contributed by atoms with E-state index in [1.165, 1.54) is 5.56 Å². The zero-order chi connectivity index (χ0) is 18.6. The number of pyridine rings is 1. The quantitative estimate of drug-likeness (QED) is 0.477. The van der Waals surface area contributed by atoms with Crippen LogP contribution in [0.1, 0.15) is 16.7 Å². The molecule has 4 nitrogen and oxygen atoms in total. The van der Waals surface area contributed by atoms with Crippen LogP contribution >= 0.6 is 11.3 Å².